The molecular formula is C39H42FN3O5. The monoisotopic (exact) mass is 651 g/mol. The number of imide groups is 1. The zero-order valence-corrected chi connectivity index (χ0v) is 27.3. The van der Waals surface area contributed by atoms with Gasteiger partial charge in [0, 0.05) is 44.9 Å². The summed E-state index contributed by atoms with van der Waals surface area (Å²) >= 11 is 0. The number of carbonyl (C=O) groups is 2. The van der Waals surface area contributed by atoms with Crippen LogP contribution in [0.3, 0.4) is 0 Å². The molecule has 4 aliphatic rings. The maximum Gasteiger partial charge on any atom is 0.234 e. The Morgan fingerprint density at radius 2 is 1.83 bits per heavy atom. The number of hydrogen-bond acceptors (Lipinski definition) is 7. The molecule has 1 aliphatic carbocycles. The predicted octanol–water partition coefficient (Wildman–Crippen LogP) is 5.87. The molecular weight excluding hydrogens is 609 g/mol. The lowest BCUT2D eigenvalue weighted by Crippen LogP contribution is -2.47. The van der Waals surface area contributed by atoms with Crippen molar-refractivity contribution in [1.29, 1.82) is 0 Å². The molecule has 3 aromatic rings. The molecule has 0 unspecified atom stereocenters. The fourth-order valence-corrected chi connectivity index (χ4v) is 8.27. The van der Waals surface area contributed by atoms with E-state index in [4.69, 9.17) is 9.47 Å². The molecule has 3 aliphatic heterocycles. The summed E-state index contributed by atoms with van der Waals surface area (Å²) in [5.41, 5.74) is 5.75. The number of benzene rings is 2. The van der Waals surface area contributed by atoms with E-state index >= 15 is 0 Å². The Morgan fingerprint density at radius 3 is 2.56 bits per heavy atom. The first-order valence-corrected chi connectivity index (χ1v) is 17.0. The van der Waals surface area contributed by atoms with Crippen LogP contribution in [-0.4, -0.2) is 77.3 Å². The summed E-state index contributed by atoms with van der Waals surface area (Å²) in [6.07, 6.45) is 6.68. The number of piperidine rings is 1. The summed E-state index contributed by atoms with van der Waals surface area (Å²) < 4.78 is 26.3. The van der Waals surface area contributed by atoms with Gasteiger partial charge in [-0.15, -0.1) is 0 Å². The van der Waals surface area contributed by atoms with Crippen molar-refractivity contribution in [3.63, 3.8) is 0 Å². The van der Waals surface area contributed by atoms with Crippen molar-refractivity contribution in [3.05, 3.63) is 107 Å². The Kier molecular flexibility index (Phi) is 9.52. The Hall–Kier alpha value is -4.18. The van der Waals surface area contributed by atoms with Crippen molar-refractivity contribution in [2.75, 3.05) is 33.4 Å². The minimum Gasteiger partial charge on any atom is -0.505 e. The second kappa shape index (κ2) is 14.1. The second-order valence-electron chi connectivity index (χ2n) is 13.4. The fraction of sp³-hybridized carbons (Fsp3) is 0.410. The largest absolute Gasteiger partial charge is 0.505 e. The molecule has 0 spiro atoms. The lowest BCUT2D eigenvalue weighted by Gasteiger charge is -2.36. The number of hydrogen-bond donors (Lipinski definition) is 1. The third kappa shape index (κ3) is 6.46. The number of likely N-dealkylation sites (tertiary alicyclic amines) is 2. The van der Waals surface area contributed by atoms with Crippen molar-refractivity contribution < 1.29 is 28.6 Å². The molecule has 1 aromatic heterocycles. The van der Waals surface area contributed by atoms with E-state index in [1.807, 2.05) is 30.3 Å². The molecule has 4 heterocycles. The lowest BCUT2D eigenvalue weighted by molar-refractivity contribution is -0.144. The molecule has 2 aromatic carbocycles. The first-order valence-electron chi connectivity index (χ1n) is 17.0. The number of aromatic hydroxyl groups is 1. The van der Waals surface area contributed by atoms with Gasteiger partial charge in [0.05, 0.1) is 36.8 Å². The van der Waals surface area contributed by atoms with Crippen LogP contribution in [0.4, 0.5) is 4.39 Å². The molecule has 8 nitrogen and oxygen atoms in total. The smallest absolute Gasteiger partial charge is 0.234 e. The molecule has 2 amide bonds. The fourth-order valence-electron chi connectivity index (χ4n) is 8.27. The van der Waals surface area contributed by atoms with E-state index in [1.54, 1.807) is 24.3 Å². The number of halogens is 1. The number of ether oxygens (including phenoxy) is 2. The molecule has 0 saturated carbocycles. The zero-order chi connectivity index (χ0) is 33.2. The van der Waals surface area contributed by atoms with Gasteiger partial charge in [0.1, 0.15) is 0 Å². The van der Waals surface area contributed by atoms with Gasteiger partial charge in [-0.2, -0.15) is 0 Å². The summed E-state index contributed by atoms with van der Waals surface area (Å²) in [4.78, 5) is 36.7. The summed E-state index contributed by atoms with van der Waals surface area (Å²) in [6.45, 7) is 3.36. The van der Waals surface area contributed by atoms with Gasteiger partial charge in [0.2, 0.25) is 11.8 Å². The van der Waals surface area contributed by atoms with E-state index in [2.05, 4.69) is 34.1 Å². The van der Waals surface area contributed by atoms with Gasteiger partial charge < -0.3 is 14.6 Å². The molecule has 0 radical (unpaired) electrons. The first-order chi connectivity index (χ1) is 23.4. The van der Waals surface area contributed by atoms with Crippen LogP contribution in [0.25, 0.3) is 11.6 Å². The van der Waals surface area contributed by atoms with Crippen LogP contribution in [0.2, 0.25) is 0 Å². The van der Waals surface area contributed by atoms with E-state index in [-0.39, 0.29) is 35.8 Å². The van der Waals surface area contributed by atoms with E-state index in [0.29, 0.717) is 38.0 Å². The topological polar surface area (TPSA) is 92.2 Å². The van der Waals surface area contributed by atoms with E-state index in [0.717, 1.165) is 54.9 Å². The maximum absolute atomic E-state index is 14.2. The molecule has 9 heteroatoms. The number of aromatic nitrogens is 1. The van der Waals surface area contributed by atoms with E-state index in [1.165, 1.54) is 17.7 Å². The summed E-state index contributed by atoms with van der Waals surface area (Å²) in [7, 11) is 1.66. The quantitative estimate of drug-likeness (QED) is 0.217. The number of rotatable bonds is 10. The van der Waals surface area contributed by atoms with Gasteiger partial charge in [-0.25, -0.2) is 4.39 Å². The van der Waals surface area contributed by atoms with Crippen LogP contribution in [0, 0.1) is 23.6 Å². The van der Waals surface area contributed by atoms with Gasteiger partial charge in [-0.1, -0.05) is 42.5 Å². The predicted molar refractivity (Wildman–Crippen MR) is 180 cm³/mol. The van der Waals surface area contributed by atoms with Gasteiger partial charge >= 0.3 is 0 Å². The highest BCUT2D eigenvalue weighted by Gasteiger charge is 2.58. The summed E-state index contributed by atoms with van der Waals surface area (Å²) in [5.74, 6) is -2.10. The molecule has 1 N–H and O–H groups in total. The number of phenolic OH excluding ortho intramolecular Hbond substituents is 1. The van der Waals surface area contributed by atoms with Crippen LogP contribution in [0.1, 0.15) is 48.9 Å². The second-order valence-corrected chi connectivity index (χ2v) is 13.4. The van der Waals surface area contributed by atoms with Crippen LogP contribution >= 0.6 is 0 Å². The Labute approximate surface area is 280 Å². The summed E-state index contributed by atoms with van der Waals surface area (Å²) in [6, 6.07) is 20.3. The highest BCUT2D eigenvalue weighted by Crippen LogP contribution is 2.50. The highest BCUT2D eigenvalue weighted by molar-refractivity contribution is 6.06. The minimum absolute atomic E-state index is 0.0379. The number of pyridine rings is 1. The van der Waals surface area contributed by atoms with Crippen molar-refractivity contribution in [2.24, 2.45) is 17.8 Å². The number of phenols is 1. The number of nitrogens with zero attached hydrogens (tertiary/aromatic N) is 3. The van der Waals surface area contributed by atoms with Crippen molar-refractivity contribution in [1.82, 2.24) is 14.8 Å². The molecule has 7 rings (SSSR count). The normalized spacial score (nSPS) is 25.1. The minimum atomic E-state index is -0.681. The maximum atomic E-state index is 14.2. The Morgan fingerprint density at radius 1 is 1.04 bits per heavy atom. The van der Waals surface area contributed by atoms with Crippen LogP contribution < -0.4 is 0 Å². The van der Waals surface area contributed by atoms with Gasteiger partial charge in [0.25, 0.3) is 0 Å². The van der Waals surface area contributed by atoms with Crippen LogP contribution in [0.15, 0.2) is 84.1 Å². The van der Waals surface area contributed by atoms with Crippen LogP contribution in [-0.2, 0) is 25.6 Å². The molecule has 4 atom stereocenters. The Balaban J connectivity index is 1.07. The molecule has 48 heavy (non-hydrogen) atoms. The van der Waals surface area contributed by atoms with Gasteiger partial charge in [-0.05, 0) is 90.3 Å². The third-order valence-corrected chi connectivity index (χ3v) is 10.5. The molecule has 250 valence electrons. The lowest BCUT2D eigenvalue weighted by atomic mass is 9.69. The van der Waals surface area contributed by atoms with Crippen molar-refractivity contribution >= 4 is 23.5 Å². The van der Waals surface area contributed by atoms with Gasteiger partial charge in [0.15, 0.2) is 11.6 Å². The highest BCUT2D eigenvalue weighted by atomic mass is 19.1. The molecule has 3 saturated heterocycles. The SMILES string of the molecule is COCC1=C2[C@@H](CC/C(=C/c3ccc(O)c(F)c3)c3ccccn3)OC[C@@H]2[C@@H]2C(=O)N(C3CCN(Cc4ccccc4)CC3)C(=O)[C@@H]2C1. The molecule has 0 bridgehead atoms. The van der Waals surface area contributed by atoms with Crippen LogP contribution in [0.5, 0.6) is 5.75 Å². The zero-order valence-electron chi connectivity index (χ0n) is 27.3. The number of allylic oxidation sites excluding steroid dienone is 1. The third-order valence-electron chi connectivity index (χ3n) is 10.5. The first kappa shape index (κ1) is 32.4. The average Bonchev–Trinajstić information content (AvgIpc) is 3.64. The summed E-state index contributed by atoms with van der Waals surface area (Å²) in [5, 5.41) is 9.68. The van der Waals surface area contributed by atoms with Crippen molar-refractivity contribution in [2.45, 2.75) is 50.8 Å². The van der Waals surface area contributed by atoms with E-state index in [9.17, 15) is 19.1 Å². The van der Waals surface area contributed by atoms with Gasteiger partial charge in [-0.3, -0.25) is 24.4 Å². The number of carbonyl (C=O) groups excluding carboxylic acids is 2. The Bertz CT molecular complexity index is 1700. The average molecular weight is 652 g/mol. The number of amides is 2. The molecule has 3 fully saturated rings. The number of methoxy groups -OCH3 is 1. The van der Waals surface area contributed by atoms with E-state index < -0.39 is 17.5 Å². The number of fused-ring (bicyclic) bond motifs is 3. The standard InChI is InChI=1S/C39H42FN3O5/c1-47-23-28-21-30-37(39(46)43(38(30)45)29-14-17-42(18-15-29)22-25-7-3-2-4-8-25)31-24-48-35(36(28)31)13-11-27(33-9-5-6-16-41-33)19-26-10-12-34(44)32(40)20-26/h2-10,12,16,19-20,29-31,35,37,44H,11,13-15,17-18,21-24H2,1H3/b27-19-/t30-,31+,35-,37-/m1/s1. The van der Waals surface area contributed by atoms with Crippen molar-refractivity contribution in [3.8, 4) is 5.75 Å².